The number of benzene rings is 1. The van der Waals surface area contributed by atoms with E-state index in [0.29, 0.717) is 17.1 Å². The van der Waals surface area contributed by atoms with Crippen molar-refractivity contribution in [2.24, 2.45) is 5.73 Å². The van der Waals surface area contributed by atoms with E-state index in [4.69, 9.17) is 15.9 Å². The van der Waals surface area contributed by atoms with Crippen LogP contribution in [0.25, 0.3) is 0 Å². The Labute approximate surface area is 120 Å². The number of nitrogens with two attached hydrogens (primary N) is 1. The van der Waals surface area contributed by atoms with Crippen molar-refractivity contribution < 1.29 is 4.74 Å². The monoisotopic (exact) mass is 322 g/mol. The predicted octanol–water partition coefficient (Wildman–Crippen LogP) is 3.30. The summed E-state index contributed by atoms with van der Waals surface area (Å²) < 4.78 is 8.39. The molecule has 0 aliphatic carbocycles. The maximum atomic E-state index is 7.57. The zero-order chi connectivity index (χ0) is 14.0. The highest BCUT2D eigenvalue weighted by atomic mass is 79.9. The van der Waals surface area contributed by atoms with Crippen molar-refractivity contribution in [1.29, 1.82) is 5.41 Å². The molecule has 0 fully saturated rings. The molecule has 0 radical (unpaired) electrons. The molecule has 1 aromatic heterocycles. The number of hydrogen-bond acceptors (Lipinski definition) is 3. The molecular formula is C13H15BrN4O. The van der Waals surface area contributed by atoms with Gasteiger partial charge in [0.15, 0.2) is 5.75 Å². The van der Waals surface area contributed by atoms with Gasteiger partial charge >= 0.3 is 0 Å². The van der Waals surface area contributed by atoms with Crippen molar-refractivity contribution >= 4 is 21.8 Å². The van der Waals surface area contributed by atoms with Gasteiger partial charge in [-0.1, -0.05) is 15.9 Å². The first kappa shape index (κ1) is 13.6. The molecule has 1 aromatic carbocycles. The molecule has 0 unspecified atom stereocenters. The number of nitrogens with one attached hydrogen (secondary N) is 1. The van der Waals surface area contributed by atoms with Gasteiger partial charge in [0.25, 0.3) is 0 Å². The fourth-order valence-corrected chi connectivity index (χ4v) is 1.95. The molecule has 19 heavy (non-hydrogen) atoms. The average Bonchev–Trinajstić information content (AvgIpc) is 2.80. The molecule has 100 valence electrons. The van der Waals surface area contributed by atoms with E-state index in [1.807, 2.05) is 30.8 Å². The SMILES string of the molecule is CC(C)n1cc(Oc2ccc(Br)cc2C(=N)N)cn1. The number of nitrogens with zero attached hydrogens (tertiary/aromatic N) is 2. The Hall–Kier alpha value is -1.82. The number of rotatable bonds is 4. The Balaban J connectivity index is 2.29. The predicted molar refractivity (Wildman–Crippen MR) is 77.8 cm³/mol. The summed E-state index contributed by atoms with van der Waals surface area (Å²) in [6, 6.07) is 5.64. The summed E-state index contributed by atoms with van der Waals surface area (Å²) >= 11 is 3.35. The average molecular weight is 323 g/mol. The van der Waals surface area contributed by atoms with Crippen LogP contribution in [0.15, 0.2) is 35.1 Å². The van der Waals surface area contributed by atoms with E-state index in [-0.39, 0.29) is 11.9 Å². The van der Waals surface area contributed by atoms with Crippen molar-refractivity contribution in [3.8, 4) is 11.5 Å². The molecule has 0 aliphatic heterocycles. The second-order valence-corrected chi connectivity index (χ2v) is 5.32. The first-order chi connectivity index (χ1) is 8.97. The van der Waals surface area contributed by atoms with Crippen LogP contribution in [-0.2, 0) is 0 Å². The lowest BCUT2D eigenvalue weighted by Gasteiger charge is -2.09. The van der Waals surface area contributed by atoms with Crippen molar-refractivity contribution in [3.63, 3.8) is 0 Å². The molecular weight excluding hydrogens is 308 g/mol. The van der Waals surface area contributed by atoms with E-state index in [2.05, 4.69) is 21.0 Å². The zero-order valence-corrected chi connectivity index (χ0v) is 12.3. The molecule has 3 N–H and O–H groups in total. The van der Waals surface area contributed by atoms with Crippen LogP contribution < -0.4 is 10.5 Å². The maximum absolute atomic E-state index is 7.57. The number of hydrogen-bond donors (Lipinski definition) is 2. The van der Waals surface area contributed by atoms with Crippen LogP contribution >= 0.6 is 15.9 Å². The van der Waals surface area contributed by atoms with E-state index in [0.717, 1.165) is 4.47 Å². The number of nitrogen functional groups attached to an aromatic ring is 1. The molecule has 0 spiro atoms. The lowest BCUT2D eigenvalue weighted by atomic mass is 10.2. The van der Waals surface area contributed by atoms with E-state index in [1.165, 1.54) is 0 Å². The fraction of sp³-hybridized carbons (Fsp3) is 0.231. The highest BCUT2D eigenvalue weighted by molar-refractivity contribution is 9.10. The third-order valence-corrected chi connectivity index (χ3v) is 3.06. The number of aromatic nitrogens is 2. The van der Waals surface area contributed by atoms with Crippen LogP contribution in [0.1, 0.15) is 25.5 Å². The Bertz CT molecular complexity index is 606. The van der Waals surface area contributed by atoms with Crippen LogP contribution in [-0.4, -0.2) is 15.6 Å². The molecule has 0 bridgehead atoms. The molecule has 1 heterocycles. The Kier molecular flexibility index (Phi) is 3.90. The van der Waals surface area contributed by atoms with Crippen molar-refractivity contribution in [2.75, 3.05) is 0 Å². The van der Waals surface area contributed by atoms with Gasteiger partial charge in [0.1, 0.15) is 11.6 Å². The first-order valence-corrected chi connectivity index (χ1v) is 6.62. The molecule has 2 aromatic rings. The second-order valence-electron chi connectivity index (χ2n) is 4.41. The molecule has 5 nitrogen and oxygen atoms in total. The van der Waals surface area contributed by atoms with Gasteiger partial charge < -0.3 is 10.5 Å². The van der Waals surface area contributed by atoms with E-state index in [1.54, 1.807) is 18.3 Å². The van der Waals surface area contributed by atoms with E-state index in [9.17, 15) is 0 Å². The van der Waals surface area contributed by atoms with E-state index < -0.39 is 0 Å². The molecule has 0 aliphatic rings. The number of amidine groups is 1. The zero-order valence-electron chi connectivity index (χ0n) is 10.7. The van der Waals surface area contributed by atoms with Crippen LogP contribution in [0.2, 0.25) is 0 Å². The fourth-order valence-electron chi connectivity index (χ4n) is 1.58. The quantitative estimate of drug-likeness (QED) is 0.669. The Morgan fingerprint density at radius 3 is 2.79 bits per heavy atom. The number of ether oxygens (including phenoxy) is 1. The molecule has 2 rings (SSSR count). The van der Waals surface area contributed by atoms with E-state index >= 15 is 0 Å². The summed E-state index contributed by atoms with van der Waals surface area (Å²) in [6.45, 7) is 4.08. The van der Waals surface area contributed by atoms with Gasteiger partial charge in [-0.2, -0.15) is 5.10 Å². The summed E-state index contributed by atoms with van der Waals surface area (Å²) in [6.07, 6.45) is 3.46. The standard InChI is InChI=1S/C13H15BrN4O/c1-8(2)18-7-10(6-17-18)19-12-4-3-9(14)5-11(12)13(15)16/h3-8H,1-2H3,(H3,15,16). The smallest absolute Gasteiger partial charge is 0.165 e. The molecule has 6 heteroatoms. The summed E-state index contributed by atoms with van der Waals surface area (Å²) in [5.41, 5.74) is 6.10. The lowest BCUT2D eigenvalue weighted by Crippen LogP contribution is -2.12. The summed E-state index contributed by atoms with van der Waals surface area (Å²) in [5, 5.41) is 11.8. The highest BCUT2D eigenvalue weighted by Gasteiger charge is 2.10. The Morgan fingerprint density at radius 1 is 1.47 bits per heavy atom. The summed E-state index contributed by atoms with van der Waals surface area (Å²) in [7, 11) is 0. The van der Waals surface area contributed by atoms with Crippen molar-refractivity contribution in [1.82, 2.24) is 9.78 Å². The van der Waals surface area contributed by atoms with Gasteiger partial charge in [0.2, 0.25) is 0 Å². The van der Waals surface area contributed by atoms with Crippen LogP contribution in [0.4, 0.5) is 0 Å². The lowest BCUT2D eigenvalue weighted by molar-refractivity contribution is 0.476. The summed E-state index contributed by atoms with van der Waals surface area (Å²) in [5.74, 6) is 1.13. The van der Waals surface area contributed by atoms with Crippen LogP contribution in [0, 0.1) is 5.41 Å². The topological polar surface area (TPSA) is 76.9 Å². The third kappa shape index (κ3) is 3.14. The third-order valence-electron chi connectivity index (χ3n) is 2.57. The molecule has 0 saturated heterocycles. The second kappa shape index (κ2) is 5.44. The molecule has 0 amide bonds. The highest BCUT2D eigenvalue weighted by Crippen LogP contribution is 2.28. The Morgan fingerprint density at radius 2 is 2.21 bits per heavy atom. The normalized spacial score (nSPS) is 10.7. The van der Waals surface area contributed by atoms with Crippen molar-refractivity contribution in [2.45, 2.75) is 19.9 Å². The van der Waals surface area contributed by atoms with Gasteiger partial charge in [-0.05, 0) is 32.0 Å². The minimum absolute atomic E-state index is 0.0347. The minimum Gasteiger partial charge on any atom is -0.453 e. The van der Waals surface area contributed by atoms with Gasteiger partial charge in [0.05, 0.1) is 18.0 Å². The number of halogens is 1. The van der Waals surface area contributed by atoms with Gasteiger partial charge in [-0.15, -0.1) is 0 Å². The van der Waals surface area contributed by atoms with Crippen molar-refractivity contribution in [3.05, 3.63) is 40.6 Å². The van der Waals surface area contributed by atoms with Gasteiger partial charge in [-0.25, -0.2) is 0 Å². The first-order valence-electron chi connectivity index (χ1n) is 5.83. The minimum atomic E-state index is -0.0347. The molecule has 0 saturated carbocycles. The van der Waals surface area contributed by atoms with Crippen LogP contribution in [0.5, 0.6) is 11.5 Å². The maximum Gasteiger partial charge on any atom is 0.165 e. The largest absolute Gasteiger partial charge is 0.453 e. The van der Waals surface area contributed by atoms with Gasteiger partial charge in [-0.3, -0.25) is 10.1 Å². The summed E-state index contributed by atoms with van der Waals surface area (Å²) in [4.78, 5) is 0. The molecule has 0 atom stereocenters. The van der Waals surface area contributed by atoms with Gasteiger partial charge in [0, 0.05) is 10.5 Å². The van der Waals surface area contributed by atoms with Crippen LogP contribution in [0.3, 0.4) is 0 Å².